The molecule has 0 saturated heterocycles. The quantitative estimate of drug-likeness (QED) is 0.199. The topological polar surface area (TPSA) is 16.4 Å². The monoisotopic (exact) mass is 587 g/mol. The first-order valence-corrected chi connectivity index (χ1v) is 15.7. The predicted molar refractivity (Wildman–Crippen MR) is 194 cm³/mol. The fourth-order valence-corrected chi connectivity index (χ4v) is 6.84. The van der Waals surface area contributed by atoms with E-state index in [9.17, 15) is 0 Å². The van der Waals surface area contributed by atoms with Crippen molar-refractivity contribution in [3.63, 3.8) is 0 Å². The SMILES string of the molecule is c1ccc(-c2ccc(N(c3ccc(-c4cccc5ccccc45)cc3)c3cc4ccccc4c4oc5ccccc5c34)cc2)cc1. The van der Waals surface area contributed by atoms with Crippen molar-refractivity contribution in [2.24, 2.45) is 0 Å². The highest BCUT2D eigenvalue weighted by Gasteiger charge is 2.22. The van der Waals surface area contributed by atoms with E-state index in [4.69, 9.17) is 4.42 Å². The Balaban J connectivity index is 1.27. The number of hydrogen-bond donors (Lipinski definition) is 0. The number of benzene rings is 8. The van der Waals surface area contributed by atoms with Crippen molar-refractivity contribution in [1.29, 1.82) is 0 Å². The van der Waals surface area contributed by atoms with Crippen LogP contribution in [0.4, 0.5) is 17.1 Å². The normalized spacial score (nSPS) is 11.5. The molecule has 0 aliphatic heterocycles. The number of anilines is 3. The number of furan rings is 1. The van der Waals surface area contributed by atoms with Crippen molar-refractivity contribution in [2.45, 2.75) is 0 Å². The number of nitrogens with zero attached hydrogens (tertiary/aromatic N) is 1. The van der Waals surface area contributed by atoms with Crippen molar-refractivity contribution >= 4 is 60.5 Å². The van der Waals surface area contributed by atoms with Gasteiger partial charge in [0.25, 0.3) is 0 Å². The van der Waals surface area contributed by atoms with Crippen molar-refractivity contribution in [1.82, 2.24) is 0 Å². The molecule has 0 amide bonds. The molecule has 1 heterocycles. The standard InChI is InChI=1S/C44H29NO/c1-2-11-30(12-3-1)31-21-25-35(26-22-31)45(36-27-23-33(24-28-36)38-19-10-15-32-13-4-6-16-37(32)38)41-29-34-14-5-7-17-39(34)44-43(41)40-18-8-9-20-42(40)46-44/h1-29H. The maximum Gasteiger partial charge on any atom is 0.145 e. The van der Waals surface area contributed by atoms with Gasteiger partial charge in [-0.25, -0.2) is 0 Å². The Morgan fingerprint density at radius 2 is 0.957 bits per heavy atom. The molecule has 2 heteroatoms. The second-order valence-electron chi connectivity index (χ2n) is 11.7. The molecule has 0 spiro atoms. The van der Waals surface area contributed by atoms with E-state index in [1.165, 1.54) is 33.0 Å². The minimum atomic E-state index is 0.890. The summed E-state index contributed by atoms with van der Waals surface area (Å²) < 4.78 is 6.60. The van der Waals surface area contributed by atoms with E-state index in [0.717, 1.165) is 49.8 Å². The Kier molecular flexibility index (Phi) is 6.17. The third-order valence-corrected chi connectivity index (χ3v) is 9.05. The summed E-state index contributed by atoms with van der Waals surface area (Å²) in [5.74, 6) is 0. The van der Waals surface area contributed by atoms with Gasteiger partial charge in [-0.1, -0.05) is 140 Å². The Bertz CT molecular complexity index is 2500. The second kappa shape index (κ2) is 10.8. The summed E-state index contributed by atoms with van der Waals surface area (Å²) in [5.41, 5.74) is 9.87. The molecule has 0 aliphatic rings. The molecule has 0 radical (unpaired) electrons. The molecular weight excluding hydrogens is 558 g/mol. The third kappa shape index (κ3) is 4.35. The van der Waals surface area contributed by atoms with Crippen LogP contribution in [0.1, 0.15) is 0 Å². The highest BCUT2D eigenvalue weighted by molar-refractivity contribution is 6.21. The lowest BCUT2D eigenvalue weighted by Crippen LogP contribution is -2.10. The zero-order valence-corrected chi connectivity index (χ0v) is 25.1. The number of fused-ring (bicyclic) bond motifs is 6. The largest absolute Gasteiger partial charge is 0.455 e. The maximum absolute atomic E-state index is 6.60. The first-order chi connectivity index (χ1) is 22.8. The van der Waals surface area contributed by atoms with Crippen LogP contribution >= 0.6 is 0 Å². The maximum atomic E-state index is 6.60. The molecule has 46 heavy (non-hydrogen) atoms. The van der Waals surface area contributed by atoms with E-state index in [0.29, 0.717) is 0 Å². The van der Waals surface area contributed by atoms with E-state index in [1.807, 2.05) is 6.07 Å². The first-order valence-electron chi connectivity index (χ1n) is 15.7. The second-order valence-corrected chi connectivity index (χ2v) is 11.7. The molecule has 1 aromatic heterocycles. The highest BCUT2D eigenvalue weighted by Crippen LogP contribution is 2.46. The first kappa shape index (κ1) is 26.3. The molecule has 9 rings (SSSR count). The van der Waals surface area contributed by atoms with Gasteiger partial charge in [0.05, 0.1) is 11.1 Å². The molecule has 8 aromatic carbocycles. The number of para-hydroxylation sites is 1. The minimum Gasteiger partial charge on any atom is -0.455 e. The van der Waals surface area contributed by atoms with Gasteiger partial charge in [-0.2, -0.15) is 0 Å². The number of hydrogen-bond acceptors (Lipinski definition) is 2. The van der Waals surface area contributed by atoms with E-state index >= 15 is 0 Å². The molecule has 0 fully saturated rings. The van der Waals surface area contributed by atoms with Crippen LogP contribution < -0.4 is 4.90 Å². The average Bonchev–Trinajstić information content (AvgIpc) is 3.53. The van der Waals surface area contributed by atoms with Gasteiger partial charge in [0.2, 0.25) is 0 Å². The lowest BCUT2D eigenvalue weighted by Gasteiger charge is -2.27. The van der Waals surface area contributed by atoms with Crippen LogP contribution in [-0.4, -0.2) is 0 Å². The van der Waals surface area contributed by atoms with Crippen LogP contribution in [0.3, 0.4) is 0 Å². The molecule has 0 unspecified atom stereocenters. The van der Waals surface area contributed by atoms with Crippen molar-refractivity contribution in [3.05, 3.63) is 176 Å². The van der Waals surface area contributed by atoms with Crippen molar-refractivity contribution < 1.29 is 4.42 Å². The summed E-state index contributed by atoms with van der Waals surface area (Å²) in [7, 11) is 0. The molecule has 0 atom stereocenters. The Morgan fingerprint density at radius 1 is 0.391 bits per heavy atom. The third-order valence-electron chi connectivity index (χ3n) is 9.05. The van der Waals surface area contributed by atoms with Crippen molar-refractivity contribution in [3.8, 4) is 22.3 Å². The molecule has 0 bridgehead atoms. The minimum absolute atomic E-state index is 0.890. The lowest BCUT2D eigenvalue weighted by atomic mass is 9.97. The summed E-state index contributed by atoms with van der Waals surface area (Å²) in [5, 5.41) is 6.98. The van der Waals surface area contributed by atoms with Gasteiger partial charge in [-0.15, -0.1) is 0 Å². The van der Waals surface area contributed by atoms with Gasteiger partial charge in [-0.05, 0) is 74.8 Å². The molecule has 0 saturated carbocycles. The van der Waals surface area contributed by atoms with Gasteiger partial charge >= 0.3 is 0 Å². The van der Waals surface area contributed by atoms with Gasteiger partial charge in [0.1, 0.15) is 11.2 Å². The predicted octanol–water partition coefficient (Wildman–Crippen LogP) is 12.7. The summed E-state index contributed by atoms with van der Waals surface area (Å²) in [6.07, 6.45) is 0. The summed E-state index contributed by atoms with van der Waals surface area (Å²) in [6, 6.07) is 62.7. The molecule has 0 N–H and O–H groups in total. The molecular formula is C44H29NO. The van der Waals surface area contributed by atoms with Gasteiger partial charge in [0, 0.05) is 22.1 Å². The summed E-state index contributed by atoms with van der Waals surface area (Å²) in [6.45, 7) is 0. The number of rotatable bonds is 5. The van der Waals surface area contributed by atoms with Crippen LogP contribution in [0.25, 0.3) is 65.7 Å². The Hall–Kier alpha value is -6.12. The van der Waals surface area contributed by atoms with Crippen molar-refractivity contribution in [2.75, 3.05) is 4.90 Å². The zero-order chi connectivity index (χ0) is 30.5. The Labute approximate surface area is 267 Å². The van der Waals surface area contributed by atoms with Gasteiger partial charge in [-0.3, -0.25) is 0 Å². The van der Waals surface area contributed by atoms with E-state index in [-0.39, 0.29) is 0 Å². The van der Waals surface area contributed by atoms with Crippen LogP contribution in [0, 0.1) is 0 Å². The van der Waals surface area contributed by atoms with Gasteiger partial charge in [0.15, 0.2) is 0 Å². The lowest BCUT2D eigenvalue weighted by molar-refractivity contribution is 0.672. The molecule has 216 valence electrons. The van der Waals surface area contributed by atoms with E-state index in [1.54, 1.807) is 0 Å². The Morgan fingerprint density at radius 3 is 1.72 bits per heavy atom. The molecule has 2 nitrogen and oxygen atoms in total. The summed E-state index contributed by atoms with van der Waals surface area (Å²) >= 11 is 0. The van der Waals surface area contributed by atoms with Crippen LogP contribution in [-0.2, 0) is 0 Å². The van der Waals surface area contributed by atoms with Crippen LogP contribution in [0.2, 0.25) is 0 Å². The smallest absolute Gasteiger partial charge is 0.145 e. The molecule has 0 aliphatic carbocycles. The highest BCUT2D eigenvalue weighted by atomic mass is 16.3. The van der Waals surface area contributed by atoms with Crippen LogP contribution in [0.15, 0.2) is 180 Å². The van der Waals surface area contributed by atoms with Crippen LogP contribution in [0.5, 0.6) is 0 Å². The van der Waals surface area contributed by atoms with Gasteiger partial charge < -0.3 is 9.32 Å². The molecule has 9 aromatic rings. The zero-order valence-electron chi connectivity index (χ0n) is 25.1. The summed E-state index contributed by atoms with van der Waals surface area (Å²) in [4.78, 5) is 2.37. The fraction of sp³-hybridized carbons (Fsp3) is 0. The van der Waals surface area contributed by atoms with E-state index in [2.05, 4.69) is 175 Å². The van der Waals surface area contributed by atoms with E-state index < -0.39 is 0 Å². The fourth-order valence-electron chi connectivity index (χ4n) is 6.84. The average molecular weight is 588 g/mol.